The number of aromatic nitrogens is 3. The van der Waals surface area contributed by atoms with Gasteiger partial charge in [-0.1, -0.05) is 56.3 Å². The highest BCUT2D eigenvalue weighted by Gasteiger charge is 2.29. The number of nitrogens with zero attached hydrogens (tertiary/aromatic N) is 4. The Morgan fingerprint density at radius 2 is 1.81 bits per heavy atom. The Kier molecular flexibility index (Phi) is 7.87. The number of carbonyl (C=O) groups excluding carboxylic acids is 2. The van der Waals surface area contributed by atoms with Crippen LogP contribution in [0.4, 0.5) is 17.1 Å². The number of pyridine rings is 1. The average Bonchev–Trinajstić information content (AvgIpc) is 3.27. The predicted octanol–water partition coefficient (Wildman–Crippen LogP) is 5.30. The molecule has 36 heavy (non-hydrogen) atoms. The molecule has 0 unspecified atom stereocenters. The van der Waals surface area contributed by atoms with E-state index < -0.39 is 0 Å². The van der Waals surface area contributed by atoms with Crippen LogP contribution >= 0.6 is 12.2 Å². The van der Waals surface area contributed by atoms with E-state index in [9.17, 15) is 9.59 Å². The Bertz CT molecular complexity index is 1440. The molecule has 1 aliphatic heterocycles. The Morgan fingerprint density at radius 3 is 2.47 bits per heavy atom. The number of benzene rings is 2. The number of anilines is 3. The maximum Gasteiger partial charge on any atom is 0.295 e. The predicted molar refractivity (Wildman–Crippen MR) is 143 cm³/mol. The monoisotopic (exact) mass is 504 g/mol. The molecule has 0 fully saturated rings. The Hall–Kier alpha value is -3.89. The first-order chi connectivity index (χ1) is 17.4. The lowest BCUT2D eigenvalue weighted by atomic mass is 10.1. The Morgan fingerprint density at radius 1 is 1.06 bits per heavy atom. The van der Waals surface area contributed by atoms with Crippen LogP contribution in [0.15, 0.2) is 59.4 Å². The largest absolute Gasteiger partial charge is 0.324 e. The molecule has 10 heteroatoms. The third-order valence-corrected chi connectivity index (χ3v) is 6.19. The molecular weight excluding hydrogens is 476 g/mol. The summed E-state index contributed by atoms with van der Waals surface area (Å²) in [5.74, 6) is -0.317. The zero-order chi connectivity index (χ0) is 25.7. The van der Waals surface area contributed by atoms with Crippen molar-refractivity contribution in [3.63, 3.8) is 0 Å². The molecule has 4 aromatic rings. The van der Waals surface area contributed by atoms with Crippen LogP contribution in [0.5, 0.6) is 0 Å². The van der Waals surface area contributed by atoms with Crippen molar-refractivity contribution < 1.29 is 14.1 Å². The topological polar surface area (TPSA) is 107 Å². The van der Waals surface area contributed by atoms with Gasteiger partial charge in [0.2, 0.25) is 11.8 Å². The van der Waals surface area contributed by atoms with Crippen LogP contribution in [0.1, 0.15) is 27.2 Å². The van der Waals surface area contributed by atoms with Gasteiger partial charge in [0, 0.05) is 17.1 Å². The molecule has 5 rings (SSSR count). The molecule has 2 aromatic carbocycles. The quantitative estimate of drug-likeness (QED) is 0.280. The molecule has 186 valence electrons. The Labute approximate surface area is 214 Å². The number of fused-ring (bicyclic) bond motifs is 3. The SMILES string of the molecule is CCN(CC)CC.O=C1CC(=O)N(c2cncc(-c3noc(=S)[nH]3)c2)c2ccc3ccccc3c2N1. The number of aromatic amines is 1. The van der Waals surface area contributed by atoms with Gasteiger partial charge in [0.15, 0.2) is 5.82 Å². The summed E-state index contributed by atoms with van der Waals surface area (Å²) in [6, 6.07) is 13.1. The van der Waals surface area contributed by atoms with E-state index in [2.05, 4.69) is 46.1 Å². The van der Waals surface area contributed by atoms with Gasteiger partial charge in [0.25, 0.3) is 4.84 Å². The summed E-state index contributed by atoms with van der Waals surface area (Å²) >= 11 is 4.92. The van der Waals surface area contributed by atoms with E-state index in [-0.39, 0.29) is 23.1 Å². The number of H-pyrrole nitrogens is 1. The zero-order valence-corrected chi connectivity index (χ0v) is 21.3. The minimum absolute atomic E-state index is 0.142. The van der Waals surface area contributed by atoms with Gasteiger partial charge in [-0.25, -0.2) is 0 Å². The molecule has 9 nitrogen and oxygen atoms in total. The van der Waals surface area contributed by atoms with Crippen LogP contribution in [0.3, 0.4) is 0 Å². The highest BCUT2D eigenvalue weighted by atomic mass is 32.1. The molecule has 0 radical (unpaired) electrons. The van der Waals surface area contributed by atoms with E-state index in [1.54, 1.807) is 18.5 Å². The lowest BCUT2D eigenvalue weighted by Crippen LogP contribution is -2.26. The lowest BCUT2D eigenvalue weighted by Gasteiger charge is -2.23. The number of carbonyl (C=O) groups is 2. The summed E-state index contributed by atoms with van der Waals surface area (Å²) in [5, 5.41) is 8.55. The first kappa shape index (κ1) is 25.2. The second-order valence-electron chi connectivity index (χ2n) is 8.13. The third-order valence-electron chi connectivity index (χ3n) is 6.01. The summed E-state index contributed by atoms with van der Waals surface area (Å²) in [7, 11) is 0. The summed E-state index contributed by atoms with van der Waals surface area (Å²) in [5.41, 5.74) is 2.26. The molecule has 0 aliphatic carbocycles. The highest BCUT2D eigenvalue weighted by Crippen LogP contribution is 2.40. The maximum absolute atomic E-state index is 13.0. The number of nitrogens with one attached hydrogen (secondary N) is 2. The second kappa shape index (κ2) is 11.2. The van der Waals surface area contributed by atoms with Crippen LogP contribution in [0, 0.1) is 4.84 Å². The van der Waals surface area contributed by atoms with Crippen LogP contribution < -0.4 is 10.2 Å². The van der Waals surface area contributed by atoms with Crippen molar-refractivity contribution in [3.05, 3.63) is 59.7 Å². The molecule has 0 saturated carbocycles. The molecule has 1 aliphatic rings. The molecule has 2 amide bonds. The van der Waals surface area contributed by atoms with Crippen molar-refractivity contribution in [1.29, 1.82) is 0 Å². The minimum atomic E-state index is -0.361. The first-order valence-corrected chi connectivity index (χ1v) is 12.2. The van der Waals surface area contributed by atoms with Crippen molar-refractivity contribution >= 4 is 51.9 Å². The zero-order valence-electron chi connectivity index (χ0n) is 20.4. The van der Waals surface area contributed by atoms with Gasteiger partial charge < -0.3 is 14.7 Å². The standard InChI is InChI=1S/C20H13N5O3S.C6H15N/c26-16-8-17(27)25(13-7-12(9-21-10-13)19-23-20(29)28-24-19)15-6-5-11-3-1-2-4-14(11)18(15)22-16;1-4-7(5-2)6-3/h1-7,9-10H,8H2,(H,22,26)(H,23,24,29);4-6H2,1-3H3. The van der Waals surface area contributed by atoms with Crippen molar-refractivity contribution in [1.82, 2.24) is 20.0 Å². The molecule has 0 spiro atoms. The lowest BCUT2D eigenvalue weighted by molar-refractivity contribution is -0.124. The number of hydrogen-bond acceptors (Lipinski definition) is 7. The van der Waals surface area contributed by atoms with Crippen molar-refractivity contribution in [2.75, 3.05) is 29.9 Å². The normalized spacial score (nSPS) is 13.2. The highest BCUT2D eigenvalue weighted by molar-refractivity contribution is 7.71. The van der Waals surface area contributed by atoms with E-state index in [1.165, 1.54) is 24.5 Å². The first-order valence-electron chi connectivity index (χ1n) is 11.8. The van der Waals surface area contributed by atoms with Gasteiger partial charge in [-0.05, 0) is 49.4 Å². The maximum atomic E-state index is 13.0. The summed E-state index contributed by atoms with van der Waals surface area (Å²) in [6.45, 7) is 10.1. The van der Waals surface area contributed by atoms with Crippen molar-refractivity contribution in [2.24, 2.45) is 0 Å². The summed E-state index contributed by atoms with van der Waals surface area (Å²) in [6.07, 6.45) is 2.87. The summed E-state index contributed by atoms with van der Waals surface area (Å²) < 4.78 is 4.91. The molecule has 2 aromatic heterocycles. The fourth-order valence-corrected chi connectivity index (χ4v) is 4.23. The van der Waals surface area contributed by atoms with Crippen LogP contribution in [0.2, 0.25) is 0 Å². The van der Waals surface area contributed by atoms with Gasteiger partial charge in [-0.15, -0.1) is 0 Å². The smallest absolute Gasteiger partial charge is 0.295 e. The number of amides is 2. The summed E-state index contributed by atoms with van der Waals surface area (Å²) in [4.78, 5) is 36.4. The molecule has 2 N–H and O–H groups in total. The fourth-order valence-electron chi connectivity index (χ4n) is 4.10. The van der Waals surface area contributed by atoms with E-state index in [1.807, 2.05) is 36.4 Å². The van der Waals surface area contributed by atoms with Gasteiger partial charge in [-0.2, -0.15) is 0 Å². The molecular formula is C26H28N6O3S. The van der Waals surface area contributed by atoms with Crippen LogP contribution in [-0.2, 0) is 9.59 Å². The second-order valence-corrected chi connectivity index (χ2v) is 8.50. The van der Waals surface area contributed by atoms with Crippen molar-refractivity contribution in [2.45, 2.75) is 27.2 Å². The van der Waals surface area contributed by atoms with E-state index >= 15 is 0 Å². The van der Waals surface area contributed by atoms with Gasteiger partial charge >= 0.3 is 0 Å². The van der Waals surface area contributed by atoms with E-state index in [4.69, 9.17) is 16.7 Å². The van der Waals surface area contributed by atoms with Gasteiger partial charge in [0.05, 0.1) is 23.3 Å². The molecule has 0 atom stereocenters. The Balaban J connectivity index is 0.000000384. The fraction of sp³-hybridized carbons (Fsp3) is 0.269. The number of rotatable bonds is 5. The number of hydrogen-bond donors (Lipinski definition) is 2. The van der Waals surface area contributed by atoms with Crippen molar-refractivity contribution in [3.8, 4) is 11.4 Å². The van der Waals surface area contributed by atoms with E-state index in [0.717, 1.165) is 10.8 Å². The van der Waals surface area contributed by atoms with Gasteiger partial charge in [-0.3, -0.25) is 24.5 Å². The van der Waals surface area contributed by atoms with Crippen LogP contribution in [-0.4, -0.2) is 51.5 Å². The van der Waals surface area contributed by atoms with E-state index in [0.29, 0.717) is 28.5 Å². The molecule has 0 bridgehead atoms. The minimum Gasteiger partial charge on any atom is -0.324 e. The molecule has 0 saturated heterocycles. The van der Waals surface area contributed by atoms with Gasteiger partial charge in [0.1, 0.15) is 6.42 Å². The molecule has 3 heterocycles. The third kappa shape index (κ3) is 5.34. The van der Waals surface area contributed by atoms with Crippen LogP contribution in [0.25, 0.3) is 22.2 Å². The average molecular weight is 505 g/mol.